The summed E-state index contributed by atoms with van der Waals surface area (Å²) < 4.78 is 13.4. The molecule has 3 heteroatoms. The molecule has 100 valence electrons. The third-order valence-electron chi connectivity index (χ3n) is 4.10. The van der Waals surface area contributed by atoms with Crippen molar-refractivity contribution in [2.45, 2.75) is 38.6 Å². The first kappa shape index (κ1) is 13.8. The summed E-state index contributed by atoms with van der Waals surface area (Å²) in [6.07, 6.45) is 4.66. The van der Waals surface area contributed by atoms with Crippen LogP contribution in [-0.4, -0.2) is 13.1 Å². The second-order valence-corrected chi connectivity index (χ2v) is 5.93. The minimum Gasteiger partial charge on any atom is -0.317 e. The Hall–Kier alpha value is -0.600. The Morgan fingerprint density at radius 1 is 1.39 bits per heavy atom. The Bertz CT molecular complexity index is 407. The van der Waals surface area contributed by atoms with E-state index in [1.807, 2.05) is 13.1 Å². The third kappa shape index (κ3) is 3.24. The molecule has 0 radical (unpaired) electrons. The van der Waals surface area contributed by atoms with Gasteiger partial charge in [0.1, 0.15) is 5.82 Å². The van der Waals surface area contributed by atoms with Gasteiger partial charge in [-0.15, -0.1) is 0 Å². The zero-order chi connectivity index (χ0) is 13.1. The Kier molecular flexibility index (Phi) is 4.63. The maximum Gasteiger partial charge on any atom is 0.142 e. The third-order valence-corrected chi connectivity index (χ3v) is 4.40. The predicted molar refractivity (Wildman–Crippen MR) is 74.5 cm³/mol. The highest BCUT2D eigenvalue weighted by atomic mass is 35.5. The molecule has 0 amide bonds. The Labute approximate surface area is 114 Å². The molecule has 18 heavy (non-hydrogen) atoms. The van der Waals surface area contributed by atoms with Gasteiger partial charge in [0, 0.05) is 6.04 Å². The van der Waals surface area contributed by atoms with Crippen LogP contribution >= 0.6 is 11.6 Å². The van der Waals surface area contributed by atoms with Crippen molar-refractivity contribution in [1.82, 2.24) is 5.32 Å². The second kappa shape index (κ2) is 6.03. The quantitative estimate of drug-likeness (QED) is 0.873. The average Bonchev–Trinajstić information content (AvgIpc) is 2.34. The monoisotopic (exact) mass is 269 g/mol. The highest BCUT2D eigenvalue weighted by molar-refractivity contribution is 6.30. The van der Waals surface area contributed by atoms with Crippen molar-refractivity contribution in [2.24, 2.45) is 11.8 Å². The lowest BCUT2D eigenvalue weighted by Crippen LogP contribution is -2.39. The SMILES string of the molecule is CNC1CCC(C)CC1Cc1ccc(Cl)c(F)c1. The van der Waals surface area contributed by atoms with Crippen molar-refractivity contribution in [3.63, 3.8) is 0 Å². The van der Waals surface area contributed by atoms with Crippen molar-refractivity contribution in [3.05, 3.63) is 34.6 Å². The van der Waals surface area contributed by atoms with Crippen LogP contribution in [0.3, 0.4) is 0 Å². The van der Waals surface area contributed by atoms with Crippen molar-refractivity contribution in [2.75, 3.05) is 7.05 Å². The Morgan fingerprint density at radius 2 is 2.17 bits per heavy atom. The van der Waals surface area contributed by atoms with Gasteiger partial charge in [-0.3, -0.25) is 0 Å². The van der Waals surface area contributed by atoms with Crippen LogP contribution in [0.25, 0.3) is 0 Å². The van der Waals surface area contributed by atoms with E-state index >= 15 is 0 Å². The molecular weight excluding hydrogens is 249 g/mol. The summed E-state index contributed by atoms with van der Waals surface area (Å²) in [6, 6.07) is 5.73. The molecule has 0 saturated heterocycles. The molecule has 1 aliphatic rings. The van der Waals surface area contributed by atoms with Crippen LogP contribution in [0.4, 0.5) is 4.39 Å². The van der Waals surface area contributed by atoms with Gasteiger partial charge in [0.05, 0.1) is 5.02 Å². The van der Waals surface area contributed by atoms with Gasteiger partial charge in [-0.2, -0.15) is 0 Å². The number of nitrogens with one attached hydrogen (secondary N) is 1. The maximum atomic E-state index is 13.4. The highest BCUT2D eigenvalue weighted by Gasteiger charge is 2.27. The number of hydrogen-bond acceptors (Lipinski definition) is 1. The number of rotatable bonds is 3. The lowest BCUT2D eigenvalue weighted by molar-refractivity contribution is 0.220. The summed E-state index contributed by atoms with van der Waals surface area (Å²) in [5.74, 6) is 1.06. The lowest BCUT2D eigenvalue weighted by Gasteiger charge is -2.35. The van der Waals surface area contributed by atoms with Crippen LogP contribution in [0.5, 0.6) is 0 Å². The minimum absolute atomic E-state index is 0.209. The van der Waals surface area contributed by atoms with Crippen molar-refractivity contribution < 1.29 is 4.39 Å². The molecule has 1 fully saturated rings. The zero-order valence-corrected chi connectivity index (χ0v) is 11.8. The molecule has 0 aromatic heterocycles. The van der Waals surface area contributed by atoms with Gasteiger partial charge in [-0.25, -0.2) is 4.39 Å². The largest absolute Gasteiger partial charge is 0.317 e. The van der Waals surface area contributed by atoms with E-state index in [4.69, 9.17) is 11.6 Å². The molecule has 1 aliphatic carbocycles. The first-order valence-corrected chi connectivity index (χ1v) is 7.09. The van der Waals surface area contributed by atoms with Gasteiger partial charge < -0.3 is 5.32 Å². The number of halogens is 2. The van der Waals surface area contributed by atoms with E-state index in [0.29, 0.717) is 12.0 Å². The Balaban J connectivity index is 2.08. The normalized spacial score (nSPS) is 28.3. The summed E-state index contributed by atoms with van der Waals surface area (Å²) in [4.78, 5) is 0. The van der Waals surface area contributed by atoms with E-state index in [9.17, 15) is 4.39 Å². The molecule has 0 bridgehead atoms. The summed E-state index contributed by atoms with van der Waals surface area (Å²) >= 11 is 5.72. The van der Waals surface area contributed by atoms with E-state index in [1.54, 1.807) is 12.1 Å². The van der Waals surface area contributed by atoms with Crippen LogP contribution in [-0.2, 0) is 6.42 Å². The molecular formula is C15H21ClFN. The number of hydrogen-bond donors (Lipinski definition) is 1. The molecule has 3 unspecified atom stereocenters. The fraction of sp³-hybridized carbons (Fsp3) is 0.600. The first-order chi connectivity index (χ1) is 8.60. The summed E-state index contributed by atoms with van der Waals surface area (Å²) in [6.45, 7) is 2.31. The van der Waals surface area contributed by atoms with E-state index in [2.05, 4.69) is 12.2 Å². The Morgan fingerprint density at radius 3 is 2.83 bits per heavy atom. The molecule has 1 saturated carbocycles. The van der Waals surface area contributed by atoms with Crippen molar-refractivity contribution >= 4 is 11.6 Å². The molecule has 0 spiro atoms. The summed E-state index contributed by atoms with van der Waals surface area (Å²) in [7, 11) is 2.02. The van der Waals surface area contributed by atoms with Crippen LogP contribution < -0.4 is 5.32 Å². The second-order valence-electron chi connectivity index (χ2n) is 5.53. The van der Waals surface area contributed by atoms with Crippen LogP contribution in [0, 0.1) is 17.7 Å². The fourth-order valence-electron chi connectivity index (χ4n) is 3.07. The molecule has 0 heterocycles. The van der Waals surface area contributed by atoms with Gasteiger partial charge in [-0.1, -0.05) is 24.6 Å². The molecule has 1 aromatic rings. The molecule has 1 nitrogen and oxygen atoms in total. The summed E-state index contributed by atoms with van der Waals surface area (Å²) in [5, 5.41) is 3.61. The molecule has 3 atom stereocenters. The van der Waals surface area contributed by atoms with E-state index < -0.39 is 0 Å². The standard InChI is InChI=1S/C15H21ClFN/c1-10-3-6-15(18-2)12(7-10)8-11-4-5-13(16)14(17)9-11/h4-5,9-10,12,15,18H,3,6-8H2,1-2H3. The predicted octanol–water partition coefficient (Wildman–Crippen LogP) is 4.05. The van der Waals surface area contributed by atoms with Crippen molar-refractivity contribution in [3.8, 4) is 0 Å². The van der Waals surface area contributed by atoms with Crippen LogP contribution in [0.2, 0.25) is 5.02 Å². The molecule has 1 aromatic carbocycles. The van der Waals surface area contributed by atoms with E-state index in [-0.39, 0.29) is 10.8 Å². The van der Waals surface area contributed by atoms with E-state index in [1.165, 1.54) is 19.3 Å². The average molecular weight is 270 g/mol. The van der Waals surface area contributed by atoms with Crippen LogP contribution in [0.1, 0.15) is 31.7 Å². The van der Waals surface area contributed by atoms with E-state index in [0.717, 1.165) is 17.9 Å². The van der Waals surface area contributed by atoms with Gasteiger partial charge in [0.25, 0.3) is 0 Å². The fourth-order valence-corrected chi connectivity index (χ4v) is 3.19. The van der Waals surface area contributed by atoms with Crippen molar-refractivity contribution in [1.29, 1.82) is 0 Å². The van der Waals surface area contributed by atoms with Gasteiger partial charge >= 0.3 is 0 Å². The maximum absolute atomic E-state index is 13.4. The minimum atomic E-state index is -0.306. The number of benzene rings is 1. The van der Waals surface area contributed by atoms with Gasteiger partial charge in [0.15, 0.2) is 0 Å². The topological polar surface area (TPSA) is 12.0 Å². The highest BCUT2D eigenvalue weighted by Crippen LogP contribution is 2.31. The summed E-state index contributed by atoms with van der Waals surface area (Å²) in [5.41, 5.74) is 1.05. The molecule has 2 rings (SSSR count). The lowest BCUT2D eigenvalue weighted by atomic mass is 9.76. The van der Waals surface area contributed by atoms with Gasteiger partial charge in [0.2, 0.25) is 0 Å². The molecule has 0 aliphatic heterocycles. The molecule has 1 N–H and O–H groups in total. The van der Waals surface area contributed by atoms with Crippen LogP contribution in [0.15, 0.2) is 18.2 Å². The zero-order valence-electron chi connectivity index (χ0n) is 11.0. The smallest absolute Gasteiger partial charge is 0.142 e. The van der Waals surface area contributed by atoms with Gasteiger partial charge in [-0.05, 0) is 62.3 Å². The first-order valence-electron chi connectivity index (χ1n) is 6.71.